The number of H-pyrrole nitrogens is 1. The minimum Gasteiger partial charge on any atom is -0.483 e. The summed E-state index contributed by atoms with van der Waals surface area (Å²) in [7, 11) is 0. The van der Waals surface area contributed by atoms with E-state index in [1.807, 2.05) is 0 Å². The molecular weight excluding hydrogens is 639 g/mol. The Morgan fingerprint density at radius 1 is 1.00 bits per heavy atom. The molecule has 11 nitrogen and oxygen atoms in total. The van der Waals surface area contributed by atoms with Crippen LogP contribution in [0.15, 0.2) is 76.6 Å². The van der Waals surface area contributed by atoms with E-state index >= 15 is 0 Å². The quantitative estimate of drug-likeness (QED) is 0.151. The average molecular weight is 658 g/mol. The molecule has 15 heteroatoms. The molecule has 0 aliphatic carbocycles. The van der Waals surface area contributed by atoms with E-state index in [2.05, 4.69) is 10.3 Å². The lowest BCUT2D eigenvalue weighted by atomic mass is 9.82. The number of halogens is 2. The standard InChI is InChI=1S/C28H18Cl2N4O7S2/c29-13-1-4-15(5-2-13)31-20(35)12-41-19-10-3-14(30)11-18(19)21-22-24(42-25-23(21)43-28(38)32-25)27(37)33(26(22)36)16-6-8-17(9-7-16)34(39)40/h1-11,21-22,24H,12H2,(H,31,35)(H,32,38). The first-order valence-electron chi connectivity index (χ1n) is 12.6. The third-order valence-corrected chi connectivity index (χ3v) is 9.82. The Balaban J connectivity index is 1.35. The molecule has 3 atom stereocenters. The van der Waals surface area contributed by atoms with Gasteiger partial charge in [0.15, 0.2) is 6.61 Å². The number of hydrogen-bond acceptors (Lipinski definition) is 9. The molecule has 3 heterocycles. The summed E-state index contributed by atoms with van der Waals surface area (Å²) < 4.78 is 5.92. The SMILES string of the molecule is O=C(COc1ccc(Cl)cc1C1c2sc(=O)[nH]c2SC2C(=O)N(c3ccc([N+](=O)[O-])cc3)C(=O)C21)Nc1ccc(Cl)cc1. The highest BCUT2D eigenvalue weighted by molar-refractivity contribution is 8.00. The number of aromatic amines is 1. The number of carbonyl (C=O) groups is 3. The second kappa shape index (κ2) is 11.5. The number of nitrogens with zero attached hydrogens (tertiary/aromatic N) is 2. The zero-order chi connectivity index (χ0) is 30.4. The fourth-order valence-electron chi connectivity index (χ4n) is 5.10. The van der Waals surface area contributed by atoms with Gasteiger partial charge in [-0.15, -0.1) is 0 Å². The molecule has 1 aromatic heterocycles. The zero-order valence-electron chi connectivity index (χ0n) is 21.6. The first-order chi connectivity index (χ1) is 20.6. The summed E-state index contributed by atoms with van der Waals surface area (Å²) in [6, 6.07) is 16.4. The van der Waals surface area contributed by atoms with E-state index in [9.17, 15) is 29.3 Å². The number of fused-ring (bicyclic) bond motifs is 2. The number of amides is 3. The number of hydrogen-bond donors (Lipinski definition) is 2. The zero-order valence-corrected chi connectivity index (χ0v) is 24.8. The van der Waals surface area contributed by atoms with Gasteiger partial charge in [0.25, 0.3) is 11.6 Å². The highest BCUT2D eigenvalue weighted by Crippen LogP contribution is 2.54. The molecule has 0 radical (unpaired) electrons. The summed E-state index contributed by atoms with van der Waals surface area (Å²) in [4.78, 5) is 67.3. The highest BCUT2D eigenvalue weighted by Gasteiger charge is 2.57. The van der Waals surface area contributed by atoms with Crippen molar-refractivity contribution in [1.82, 2.24) is 4.98 Å². The lowest BCUT2D eigenvalue weighted by Crippen LogP contribution is -2.32. The van der Waals surface area contributed by atoms with Crippen LogP contribution in [0.1, 0.15) is 16.4 Å². The molecular formula is C28H18Cl2N4O7S2. The number of carbonyl (C=O) groups excluding carboxylic acids is 3. The number of aromatic nitrogens is 1. The Kier molecular flexibility index (Phi) is 7.73. The van der Waals surface area contributed by atoms with Crippen molar-refractivity contribution in [2.75, 3.05) is 16.8 Å². The number of nitro benzene ring substituents is 1. The number of ether oxygens (including phenoxy) is 1. The third-order valence-electron chi connectivity index (χ3n) is 6.94. The number of anilines is 2. The van der Waals surface area contributed by atoms with Gasteiger partial charge < -0.3 is 15.0 Å². The van der Waals surface area contributed by atoms with Crippen LogP contribution < -0.4 is 19.8 Å². The summed E-state index contributed by atoms with van der Waals surface area (Å²) in [6.07, 6.45) is 0. The maximum atomic E-state index is 14.0. The van der Waals surface area contributed by atoms with E-state index in [4.69, 9.17) is 27.9 Å². The van der Waals surface area contributed by atoms with E-state index in [0.717, 1.165) is 28.0 Å². The average Bonchev–Trinajstić information content (AvgIpc) is 3.47. The van der Waals surface area contributed by atoms with Crippen LogP contribution >= 0.6 is 46.3 Å². The van der Waals surface area contributed by atoms with Gasteiger partial charge in [-0.25, -0.2) is 4.90 Å². The summed E-state index contributed by atoms with van der Waals surface area (Å²) in [5.74, 6) is -3.06. The van der Waals surface area contributed by atoms with Crippen molar-refractivity contribution in [1.29, 1.82) is 0 Å². The van der Waals surface area contributed by atoms with Crippen molar-refractivity contribution >= 4 is 81.1 Å². The Hall–Kier alpha value is -4.17. The van der Waals surface area contributed by atoms with E-state index in [0.29, 0.717) is 31.2 Å². The van der Waals surface area contributed by atoms with Gasteiger partial charge in [-0.3, -0.25) is 29.3 Å². The smallest absolute Gasteiger partial charge is 0.305 e. The summed E-state index contributed by atoms with van der Waals surface area (Å²) in [5, 5.41) is 14.2. The largest absolute Gasteiger partial charge is 0.483 e. The fraction of sp³-hybridized carbons (Fsp3) is 0.143. The van der Waals surface area contributed by atoms with Gasteiger partial charge in [0.2, 0.25) is 11.8 Å². The number of nitrogens with one attached hydrogen (secondary N) is 2. The lowest BCUT2D eigenvalue weighted by Gasteiger charge is -2.31. The predicted octanol–water partition coefficient (Wildman–Crippen LogP) is 5.46. The Morgan fingerprint density at radius 3 is 2.40 bits per heavy atom. The maximum Gasteiger partial charge on any atom is 0.305 e. The van der Waals surface area contributed by atoms with Crippen molar-refractivity contribution < 1.29 is 24.0 Å². The molecule has 2 aliphatic rings. The lowest BCUT2D eigenvalue weighted by molar-refractivity contribution is -0.384. The molecule has 3 aromatic carbocycles. The van der Waals surface area contributed by atoms with Gasteiger partial charge in [0, 0.05) is 44.2 Å². The summed E-state index contributed by atoms with van der Waals surface area (Å²) >= 11 is 14.3. The molecule has 4 aromatic rings. The van der Waals surface area contributed by atoms with Gasteiger partial charge in [-0.05, 0) is 54.6 Å². The molecule has 0 spiro atoms. The van der Waals surface area contributed by atoms with Crippen molar-refractivity contribution in [3.63, 3.8) is 0 Å². The van der Waals surface area contributed by atoms with Crippen molar-refractivity contribution in [2.24, 2.45) is 5.92 Å². The van der Waals surface area contributed by atoms with Crippen LogP contribution in [0.3, 0.4) is 0 Å². The summed E-state index contributed by atoms with van der Waals surface area (Å²) in [5.41, 5.74) is 0.940. The molecule has 43 heavy (non-hydrogen) atoms. The summed E-state index contributed by atoms with van der Waals surface area (Å²) in [6.45, 7) is -0.384. The van der Waals surface area contributed by atoms with Crippen LogP contribution in [0.5, 0.6) is 5.75 Å². The second-order valence-corrected chi connectivity index (χ2v) is 12.6. The van der Waals surface area contributed by atoms with Crippen LogP contribution in [-0.4, -0.2) is 39.5 Å². The van der Waals surface area contributed by atoms with Gasteiger partial charge >= 0.3 is 4.87 Å². The number of nitro groups is 1. The number of non-ortho nitro benzene ring substituents is 1. The topological polar surface area (TPSA) is 152 Å². The number of thiazole rings is 1. The Bertz CT molecular complexity index is 1840. The van der Waals surface area contributed by atoms with E-state index in [-0.39, 0.29) is 28.6 Å². The molecule has 3 unspecified atom stereocenters. The van der Waals surface area contributed by atoms with E-state index in [1.54, 1.807) is 42.5 Å². The maximum absolute atomic E-state index is 14.0. The molecule has 0 saturated carbocycles. The first-order valence-corrected chi connectivity index (χ1v) is 15.1. The third kappa shape index (κ3) is 5.52. The fourth-order valence-corrected chi connectivity index (χ4v) is 7.91. The normalized spacial score (nSPS) is 19.1. The highest BCUT2D eigenvalue weighted by atomic mass is 35.5. The second-order valence-electron chi connectivity index (χ2n) is 9.56. The van der Waals surface area contributed by atoms with Crippen LogP contribution in [0.2, 0.25) is 10.0 Å². The van der Waals surface area contributed by atoms with Crippen molar-refractivity contribution in [3.05, 3.63) is 107 Å². The molecule has 2 aliphatic heterocycles. The van der Waals surface area contributed by atoms with E-state index in [1.165, 1.54) is 24.3 Å². The molecule has 218 valence electrons. The monoisotopic (exact) mass is 656 g/mol. The van der Waals surface area contributed by atoms with Gasteiger partial charge in [0.1, 0.15) is 11.0 Å². The Labute approximate surface area is 260 Å². The van der Waals surface area contributed by atoms with Gasteiger partial charge in [0.05, 0.1) is 21.6 Å². The van der Waals surface area contributed by atoms with Crippen molar-refractivity contribution in [3.8, 4) is 5.75 Å². The number of benzene rings is 3. The minimum atomic E-state index is -0.963. The van der Waals surface area contributed by atoms with Gasteiger partial charge in [-0.2, -0.15) is 0 Å². The Morgan fingerprint density at radius 2 is 1.70 bits per heavy atom. The molecule has 2 N–H and O–H groups in total. The number of imide groups is 1. The van der Waals surface area contributed by atoms with Crippen LogP contribution in [0.25, 0.3) is 0 Å². The first kappa shape index (κ1) is 28.9. The number of rotatable bonds is 7. The minimum absolute atomic E-state index is 0.187. The molecule has 1 saturated heterocycles. The predicted molar refractivity (Wildman–Crippen MR) is 163 cm³/mol. The van der Waals surface area contributed by atoms with Crippen LogP contribution in [0, 0.1) is 16.0 Å². The molecule has 3 amide bonds. The van der Waals surface area contributed by atoms with E-state index < -0.39 is 39.7 Å². The van der Waals surface area contributed by atoms with Gasteiger partial charge in [-0.1, -0.05) is 46.3 Å². The number of thioether (sulfide) groups is 1. The van der Waals surface area contributed by atoms with Crippen molar-refractivity contribution in [2.45, 2.75) is 16.2 Å². The molecule has 0 bridgehead atoms. The molecule has 1 fully saturated rings. The molecule has 6 rings (SSSR count). The van der Waals surface area contributed by atoms with Crippen LogP contribution in [-0.2, 0) is 14.4 Å². The van der Waals surface area contributed by atoms with Crippen LogP contribution in [0.4, 0.5) is 17.1 Å².